The van der Waals surface area contributed by atoms with Crippen LogP contribution in [0.3, 0.4) is 0 Å². The molecule has 0 spiro atoms. The van der Waals surface area contributed by atoms with Crippen molar-refractivity contribution in [1.82, 2.24) is 0 Å². The lowest BCUT2D eigenvalue weighted by Crippen LogP contribution is -2.07. The zero-order chi connectivity index (χ0) is 6.69. The van der Waals surface area contributed by atoms with Gasteiger partial charge in [-0.2, -0.15) is 12.6 Å². The number of carbonyl (C=O) groups excluding carboxylic acids is 1. The van der Waals surface area contributed by atoms with Crippen molar-refractivity contribution in [3.8, 4) is 0 Å². The average Bonchev–Trinajstić information content (AvgIpc) is 1.89. The van der Waals surface area contributed by atoms with Crippen LogP contribution in [0.1, 0.15) is 19.3 Å². The Morgan fingerprint density at radius 1 is 1.67 bits per heavy atom. The Balaban J connectivity index is 2.64. The van der Waals surface area contributed by atoms with Crippen LogP contribution in [0, 0.1) is 0 Å². The maximum atomic E-state index is 10.9. The van der Waals surface area contributed by atoms with E-state index >= 15 is 0 Å². The molecule has 9 heavy (non-hydrogen) atoms. The van der Waals surface area contributed by atoms with E-state index in [2.05, 4.69) is 12.6 Å². The van der Waals surface area contributed by atoms with Crippen molar-refractivity contribution in [3.05, 3.63) is 11.6 Å². The maximum absolute atomic E-state index is 10.9. The number of allylic oxidation sites excluding steroid dienone is 1. The number of hydrogen-bond donors (Lipinski definition) is 1. The number of Topliss-reactive ketones (excluding diaryl/α,β-unsaturated/α-hetero) is 1. The molecule has 1 aliphatic carbocycles. The second-order valence-corrected chi connectivity index (χ2v) is 2.52. The molecular weight excluding hydrogens is 132 g/mol. The second-order valence-electron chi connectivity index (χ2n) is 2.20. The Morgan fingerprint density at radius 2 is 2.44 bits per heavy atom. The van der Waals surface area contributed by atoms with E-state index in [4.69, 9.17) is 0 Å². The highest BCUT2D eigenvalue weighted by molar-refractivity contribution is 7.80. The first-order valence-corrected chi connectivity index (χ1v) is 3.81. The molecule has 0 aromatic carbocycles. The number of rotatable bonds is 1. The normalized spacial score (nSPS) is 19.7. The summed E-state index contributed by atoms with van der Waals surface area (Å²) in [4.78, 5) is 10.9. The molecule has 0 amide bonds. The smallest absolute Gasteiger partial charge is 0.159 e. The lowest BCUT2D eigenvalue weighted by atomic mass is 10.00. The molecular formula is C7H10OS. The van der Waals surface area contributed by atoms with E-state index in [1.807, 2.05) is 6.08 Å². The van der Waals surface area contributed by atoms with Gasteiger partial charge >= 0.3 is 0 Å². The second kappa shape index (κ2) is 3.06. The molecule has 0 N–H and O–H groups in total. The third-order valence-electron chi connectivity index (χ3n) is 1.53. The first-order valence-electron chi connectivity index (χ1n) is 3.17. The summed E-state index contributed by atoms with van der Waals surface area (Å²) in [5.41, 5.74) is 0.907. The van der Waals surface area contributed by atoms with Crippen molar-refractivity contribution < 1.29 is 4.79 Å². The van der Waals surface area contributed by atoms with Gasteiger partial charge < -0.3 is 0 Å². The van der Waals surface area contributed by atoms with Crippen molar-refractivity contribution >= 4 is 18.4 Å². The summed E-state index contributed by atoms with van der Waals surface area (Å²) < 4.78 is 0. The van der Waals surface area contributed by atoms with Gasteiger partial charge in [-0.05, 0) is 12.8 Å². The summed E-state index contributed by atoms with van der Waals surface area (Å²) in [6.45, 7) is 0. The number of ketones is 1. The van der Waals surface area contributed by atoms with Gasteiger partial charge in [0.25, 0.3) is 0 Å². The minimum absolute atomic E-state index is 0.288. The van der Waals surface area contributed by atoms with Gasteiger partial charge in [0.2, 0.25) is 0 Å². The summed E-state index contributed by atoms with van der Waals surface area (Å²) in [6, 6.07) is 0. The summed E-state index contributed by atoms with van der Waals surface area (Å²) in [5, 5.41) is 0. The van der Waals surface area contributed by atoms with E-state index in [-0.39, 0.29) is 5.78 Å². The fourth-order valence-corrected chi connectivity index (χ4v) is 1.27. The zero-order valence-electron chi connectivity index (χ0n) is 5.26. The molecule has 0 aromatic rings. The van der Waals surface area contributed by atoms with Crippen molar-refractivity contribution in [3.63, 3.8) is 0 Å². The average molecular weight is 142 g/mol. The van der Waals surface area contributed by atoms with E-state index in [1.54, 1.807) is 0 Å². The van der Waals surface area contributed by atoms with Crippen LogP contribution in [0.15, 0.2) is 11.6 Å². The summed E-state index contributed by atoms with van der Waals surface area (Å²) in [6.07, 6.45) is 4.81. The van der Waals surface area contributed by atoms with E-state index in [0.29, 0.717) is 5.75 Å². The van der Waals surface area contributed by atoms with Crippen molar-refractivity contribution in [2.45, 2.75) is 19.3 Å². The van der Waals surface area contributed by atoms with Crippen LogP contribution in [-0.4, -0.2) is 11.5 Å². The molecule has 0 atom stereocenters. The highest BCUT2D eigenvalue weighted by Gasteiger charge is 2.10. The molecule has 0 saturated heterocycles. The van der Waals surface area contributed by atoms with Crippen molar-refractivity contribution in [2.24, 2.45) is 0 Å². The van der Waals surface area contributed by atoms with E-state index in [1.165, 1.54) is 0 Å². The van der Waals surface area contributed by atoms with Crippen molar-refractivity contribution in [1.29, 1.82) is 0 Å². The summed E-state index contributed by atoms with van der Waals surface area (Å²) >= 11 is 4.03. The number of hydrogen-bond acceptors (Lipinski definition) is 2. The fraction of sp³-hybridized carbons (Fsp3) is 0.571. The minimum atomic E-state index is 0.288. The zero-order valence-corrected chi connectivity index (χ0v) is 6.16. The van der Waals surface area contributed by atoms with E-state index in [9.17, 15) is 4.79 Å². The first-order chi connectivity index (χ1) is 4.34. The Hall–Kier alpha value is -0.240. The third-order valence-corrected chi connectivity index (χ3v) is 1.87. The Kier molecular flexibility index (Phi) is 2.34. The quantitative estimate of drug-likeness (QED) is 0.550. The number of carbonyl (C=O) groups is 1. The molecule has 0 aromatic heterocycles. The standard InChI is InChI=1S/C7H10OS/c8-7-4-2-1-3-6(7)5-9/h3,9H,1-2,4-5H2. The first kappa shape index (κ1) is 6.87. The van der Waals surface area contributed by atoms with Gasteiger partial charge in [0, 0.05) is 17.7 Å². The van der Waals surface area contributed by atoms with Gasteiger partial charge in [0.05, 0.1) is 0 Å². The largest absolute Gasteiger partial charge is 0.295 e. The van der Waals surface area contributed by atoms with Crippen LogP contribution in [0.5, 0.6) is 0 Å². The Morgan fingerprint density at radius 3 is 2.89 bits per heavy atom. The van der Waals surface area contributed by atoms with Crippen LogP contribution < -0.4 is 0 Å². The highest BCUT2D eigenvalue weighted by atomic mass is 32.1. The molecule has 0 radical (unpaired) electrons. The Labute approximate surface area is 60.6 Å². The van der Waals surface area contributed by atoms with Crippen LogP contribution in [-0.2, 0) is 4.79 Å². The molecule has 0 heterocycles. The molecule has 1 aliphatic rings. The number of thiol groups is 1. The molecule has 50 valence electrons. The van der Waals surface area contributed by atoms with E-state index in [0.717, 1.165) is 24.8 Å². The topological polar surface area (TPSA) is 17.1 Å². The third kappa shape index (κ3) is 1.58. The molecule has 2 heteroatoms. The predicted octanol–water partition coefficient (Wildman–Crippen LogP) is 1.60. The fourth-order valence-electron chi connectivity index (χ4n) is 0.966. The molecule has 1 rings (SSSR count). The van der Waals surface area contributed by atoms with Gasteiger partial charge in [-0.25, -0.2) is 0 Å². The van der Waals surface area contributed by atoms with E-state index < -0.39 is 0 Å². The predicted molar refractivity (Wildman–Crippen MR) is 40.8 cm³/mol. The minimum Gasteiger partial charge on any atom is -0.295 e. The van der Waals surface area contributed by atoms with Gasteiger partial charge in [-0.1, -0.05) is 6.08 Å². The maximum Gasteiger partial charge on any atom is 0.159 e. The van der Waals surface area contributed by atoms with Gasteiger partial charge in [0.15, 0.2) is 5.78 Å². The molecule has 0 saturated carbocycles. The van der Waals surface area contributed by atoms with Gasteiger partial charge in [-0.15, -0.1) is 0 Å². The van der Waals surface area contributed by atoms with Crippen LogP contribution in [0.25, 0.3) is 0 Å². The Bertz CT molecular complexity index is 149. The van der Waals surface area contributed by atoms with Crippen molar-refractivity contribution in [2.75, 3.05) is 5.75 Å². The van der Waals surface area contributed by atoms with Gasteiger partial charge in [0.1, 0.15) is 0 Å². The molecule has 1 nitrogen and oxygen atoms in total. The van der Waals surface area contributed by atoms with Crippen LogP contribution in [0.2, 0.25) is 0 Å². The van der Waals surface area contributed by atoms with Crippen LogP contribution in [0.4, 0.5) is 0 Å². The lowest BCUT2D eigenvalue weighted by molar-refractivity contribution is -0.115. The SMILES string of the molecule is O=C1CCCC=C1CS. The summed E-state index contributed by atoms with van der Waals surface area (Å²) in [5.74, 6) is 0.898. The molecule has 0 unspecified atom stereocenters. The molecule has 0 fully saturated rings. The highest BCUT2D eigenvalue weighted by Crippen LogP contribution is 2.14. The molecule has 0 bridgehead atoms. The lowest BCUT2D eigenvalue weighted by Gasteiger charge is -2.07. The van der Waals surface area contributed by atoms with Crippen LogP contribution >= 0.6 is 12.6 Å². The molecule has 0 aliphatic heterocycles. The monoisotopic (exact) mass is 142 g/mol. The van der Waals surface area contributed by atoms with Gasteiger partial charge in [-0.3, -0.25) is 4.79 Å². The summed E-state index contributed by atoms with van der Waals surface area (Å²) in [7, 11) is 0.